The van der Waals surface area contributed by atoms with Crippen molar-refractivity contribution in [3.8, 4) is 0 Å². The predicted octanol–water partition coefficient (Wildman–Crippen LogP) is 2.18. The molecule has 0 aliphatic heterocycles. The molecule has 7 nitrogen and oxygen atoms in total. The summed E-state index contributed by atoms with van der Waals surface area (Å²) in [6, 6.07) is 6.54. The number of nitrogens with zero attached hydrogens (tertiary/aromatic N) is 2. The van der Waals surface area contributed by atoms with Crippen molar-refractivity contribution in [3.63, 3.8) is 0 Å². The Kier molecular flexibility index (Phi) is 6.23. The topological polar surface area (TPSA) is 101 Å². The van der Waals surface area contributed by atoms with Crippen molar-refractivity contribution in [1.82, 2.24) is 15.3 Å². The molecular formula is C16H14F3N3O4. The quantitative estimate of drug-likeness (QED) is 0.776. The van der Waals surface area contributed by atoms with Crippen LogP contribution in [0.2, 0.25) is 0 Å². The highest BCUT2D eigenvalue weighted by Gasteiger charge is 2.27. The summed E-state index contributed by atoms with van der Waals surface area (Å²) >= 11 is 0. The lowest BCUT2D eigenvalue weighted by Gasteiger charge is -2.09. The van der Waals surface area contributed by atoms with Crippen LogP contribution in [0.3, 0.4) is 0 Å². The fraction of sp³-hybridized carbons (Fsp3) is 0.250. The van der Waals surface area contributed by atoms with Gasteiger partial charge in [0, 0.05) is 6.54 Å². The second-order valence-electron chi connectivity index (χ2n) is 5.20. The van der Waals surface area contributed by atoms with E-state index in [4.69, 9.17) is 5.11 Å². The summed E-state index contributed by atoms with van der Waals surface area (Å²) < 4.78 is 40.8. The van der Waals surface area contributed by atoms with Crippen LogP contribution in [0.4, 0.5) is 13.2 Å². The van der Waals surface area contributed by atoms with Crippen LogP contribution in [0, 0.1) is 0 Å². The van der Waals surface area contributed by atoms with E-state index in [1.807, 2.05) is 0 Å². The summed E-state index contributed by atoms with van der Waals surface area (Å²) in [4.78, 5) is 29.9. The molecular weight excluding hydrogens is 355 g/mol. The molecule has 0 saturated carbocycles. The summed E-state index contributed by atoms with van der Waals surface area (Å²) in [5, 5.41) is 11.3. The second kappa shape index (κ2) is 8.39. The van der Waals surface area contributed by atoms with E-state index in [-0.39, 0.29) is 24.5 Å². The summed E-state index contributed by atoms with van der Waals surface area (Å²) in [6.07, 6.45) is -2.38. The fourth-order valence-corrected chi connectivity index (χ4v) is 1.94. The van der Waals surface area contributed by atoms with E-state index in [0.717, 1.165) is 12.4 Å². The molecule has 0 saturated heterocycles. The molecule has 0 aliphatic rings. The Labute approximate surface area is 145 Å². The predicted molar refractivity (Wildman–Crippen MR) is 82.3 cm³/mol. The summed E-state index contributed by atoms with van der Waals surface area (Å²) in [6.45, 7) is -1.43. The largest absolute Gasteiger partial charge is 0.476 e. The Morgan fingerprint density at radius 1 is 1.12 bits per heavy atom. The van der Waals surface area contributed by atoms with Crippen molar-refractivity contribution in [3.05, 3.63) is 59.2 Å². The van der Waals surface area contributed by atoms with E-state index in [1.165, 1.54) is 0 Å². The normalized spacial score (nSPS) is 11.2. The van der Waals surface area contributed by atoms with Crippen LogP contribution in [0.25, 0.3) is 0 Å². The Hall–Kier alpha value is -3.01. The van der Waals surface area contributed by atoms with Gasteiger partial charge in [0.2, 0.25) is 0 Å². The maximum Gasteiger partial charge on any atom is 0.411 e. The zero-order chi connectivity index (χ0) is 19.2. The van der Waals surface area contributed by atoms with E-state index in [2.05, 4.69) is 20.0 Å². The van der Waals surface area contributed by atoms with E-state index in [9.17, 15) is 22.8 Å². The van der Waals surface area contributed by atoms with Crippen LogP contribution < -0.4 is 5.32 Å². The highest BCUT2D eigenvalue weighted by molar-refractivity contribution is 5.92. The van der Waals surface area contributed by atoms with Crippen molar-refractivity contribution in [2.75, 3.05) is 6.61 Å². The molecule has 2 aromatic rings. The maximum absolute atomic E-state index is 12.1. The number of halogens is 3. The number of carbonyl (C=O) groups is 2. The molecule has 2 N–H and O–H groups in total. The number of carbonyl (C=O) groups excluding carboxylic acids is 1. The number of alkyl halides is 3. The van der Waals surface area contributed by atoms with Gasteiger partial charge in [-0.15, -0.1) is 0 Å². The number of aromatic nitrogens is 2. The minimum Gasteiger partial charge on any atom is -0.476 e. The molecule has 0 spiro atoms. The van der Waals surface area contributed by atoms with Gasteiger partial charge in [0.15, 0.2) is 5.69 Å². The number of amides is 1. The van der Waals surface area contributed by atoms with Gasteiger partial charge in [-0.25, -0.2) is 14.8 Å². The molecule has 0 radical (unpaired) electrons. The Morgan fingerprint density at radius 3 is 2.38 bits per heavy atom. The zero-order valence-electron chi connectivity index (χ0n) is 13.3. The number of aromatic carboxylic acids is 1. The molecule has 0 atom stereocenters. The third-order valence-electron chi connectivity index (χ3n) is 3.08. The maximum atomic E-state index is 12.1. The molecule has 0 bridgehead atoms. The summed E-state index contributed by atoms with van der Waals surface area (Å²) in [7, 11) is 0. The standard InChI is InChI=1S/C16H14F3N3O4/c17-16(18,19)9-26-8-11-3-1-2-10(4-11)5-22-14(23)12-6-21-13(7-20-12)15(24)25/h1-4,6-7H,5,8-9H2,(H,22,23)(H,24,25). The van der Waals surface area contributed by atoms with Gasteiger partial charge < -0.3 is 15.2 Å². The van der Waals surface area contributed by atoms with E-state index < -0.39 is 24.7 Å². The first-order valence-corrected chi connectivity index (χ1v) is 7.30. The minimum atomic E-state index is -4.39. The minimum absolute atomic E-state index is 0.0559. The number of nitrogens with one attached hydrogen (secondary N) is 1. The number of carboxylic acid groups (broad SMARTS) is 1. The molecule has 1 aromatic heterocycles. The Balaban J connectivity index is 1.89. The number of hydrogen-bond donors (Lipinski definition) is 2. The van der Waals surface area contributed by atoms with Crippen LogP contribution in [-0.4, -0.2) is 39.7 Å². The van der Waals surface area contributed by atoms with Crippen molar-refractivity contribution < 1.29 is 32.6 Å². The van der Waals surface area contributed by atoms with Gasteiger partial charge in [-0.05, 0) is 11.1 Å². The van der Waals surface area contributed by atoms with Crippen LogP contribution in [0.15, 0.2) is 36.7 Å². The second-order valence-corrected chi connectivity index (χ2v) is 5.20. The van der Waals surface area contributed by atoms with Crippen molar-refractivity contribution in [2.24, 2.45) is 0 Å². The number of ether oxygens (including phenoxy) is 1. The van der Waals surface area contributed by atoms with Gasteiger partial charge in [0.1, 0.15) is 12.3 Å². The van der Waals surface area contributed by atoms with Crippen LogP contribution in [0.1, 0.15) is 32.1 Å². The molecule has 0 unspecified atom stereocenters. The summed E-state index contributed by atoms with van der Waals surface area (Å²) in [5.74, 6) is -1.82. The molecule has 1 amide bonds. The third kappa shape index (κ3) is 6.13. The SMILES string of the molecule is O=C(O)c1cnc(C(=O)NCc2cccc(COCC(F)(F)F)c2)cn1. The first-order chi connectivity index (χ1) is 12.2. The number of carboxylic acids is 1. The number of hydrogen-bond acceptors (Lipinski definition) is 5. The van der Waals surface area contributed by atoms with Gasteiger partial charge in [0.05, 0.1) is 19.0 Å². The number of benzene rings is 1. The molecule has 1 aromatic carbocycles. The highest BCUT2D eigenvalue weighted by atomic mass is 19.4. The smallest absolute Gasteiger partial charge is 0.411 e. The van der Waals surface area contributed by atoms with Crippen LogP contribution >= 0.6 is 0 Å². The Morgan fingerprint density at radius 2 is 1.77 bits per heavy atom. The molecule has 0 fully saturated rings. The average molecular weight is 369 g/mol. The lowest BCUT2D eigenvalue weighted by Crippen LogP contribution is -2.24. The molecule has 2 rings (SSSR count). The molecule has 10 heteroatoms. The van der Waals surface area contributed by atoms with E-state index in [0.29, 0.717) is 11.1 Å². The van der Waals surface area contributed by atoms with Gasteiger partial charge >= 0.3 is 12.1 Å². The first kappa shape index (κ1) is 19.3. The average Bonchev–Trinajstić information content (AvgIpc) is 2.59. The van der Waals surface area contributed by atoms with Crippen molar-refractivity contribution in [2.45, 2.75) is 19.3 Å². The molecule has 1 heterocycles. The molecule has 138 valence electrons. The summed E-state index contributed by atoms with van der Waals surface area (Å²) in [5.41, 5.74) is 0.848. The van der Waals surface area contributed by atoms with Gasteiger partial charge in [0.25, 0.3) is 5.91 Å². The van der Waals surface area contributed by atoms with Crippen LogP contribution in [-0.2, 0) is 17.9 Å². The van der Waals surface area contributed by atoms with E-state index >= 15 is 0 Å². The van der Waals surface area contributed by atoms with Crippen molar-refractivity contribution >= 4 is 11.9 Å². The fourth-order valence-electron chi connectivity index (χ4n) is 1.94. The Bertz CT molecular complexity index is 779. The highest BCUT2D eigenvalue weighted by Crippen LogP contribution is 2.16. The lowest BCUT2D eigenvalue weighted by atomic mass is 10.1. The third-order valence-corrected chi connectivity index (χ3v) is 3.08. The lowest BCUT2D eigenvalue weighted by molar-refractivity contribution is -0.176. The van der Waals surface area contributed by atoms with E-state index in [1.54, 1.807) is 24.3 Å². The molecule has 26 heavy (non-hydrogen) atoms. The van der Waals surface area contributed by atoms with Crippen LogP contribution in [0.5, 0.6) is 0 Å². The van der Waals surface area contributed by atoms with Gasteiger partial charge in [-0.1, -0.05) is 24.3 Å². The number of rotatable bonds is 7. The molecule has 0 aliphatic carbocycles. The van der Waals surface area contributed by atoms with Gasteiger partial charge in [-0.2, -0.15) is 13.2 Å². The zero-order valence-corrected chi connectivity index (χ0v) is 13.3. The van der Waals surface area contributed by atoms with Crippen molar-refractivity contribution in [1.29, 1.82) is 0 Å². The monoisotopic (exact) mass is 369 g/mol. The first-order valence-electron chi connectivity index (χ1n) is 7.30. The van der Waals surface area contributed by atoms with Gasteiger partial charge in [-0.3, -0.25) is 4.79 Å².